The van der Waals surface area contributed by atoms with Crippen molar-refractivity contribution in [3.05, 3.63) is 114 Å². The highest BCUT2D eigenvalue weighted by atomic mass is 16.5. The number of esters is 2. The molecule has 3 aromatic rings. The molecule has 36 heavy (non-hydrogen) atoms. The van der Waals surface area contributed by atoms with Gasteiger partial charge in [0.2, 0.25) is 0 Å². The minimum atomic E-state index is -0.441. The molecule has 0 bridgehead atoms. The Morgan fingerprint density at radius 1 is 0.694 bits per heavy atom. The fraction of sp³-hybridized carbons (Fsp3) is 0.194. The van der Waals surface area contributed by atoms with Gasteiger partial charge in [0.25, 0.3) is 0 Å². The van der Waals surface area contributed by atoms with Crippen molar-refractivity contribution in [2.75, 3.05) is 0 Å². The highest BCUT2D eigenvalue weighted by Gasteiger charge is 2.08. The number of carbonyl (C=O) groups is 3. The Labute approximate surface area is 212 Å². The van der Waals surface area contributed by atoms with Gasteiger partial charge < -0.3 is 9.47 Å². The van der Waals surface area contributed by atoms with Crippen LogP contribution in [0.2, 0.25) is 0 Å². The molecule has 0 saturated heterocycles. The molecule has 184 valence electrons. The van der Waals surface area contributed by atoms with Gasteiger partial charge in [-0.15, -0.1) is 0 Å². The van der Waals surface area contributed by atoms with E-state index in [1.165, 1.54) is 0 Å². The summed E-state index contributed by atoms with van der Waals surface area (Å²) in [7, 11) is 0. The fourth-order valence-electron chi connectivity index (χ4n) is 3.37. The van der Waals surface area contributed by atoms with Gasteiger partial charge >= 0.3 is 11.9 Å². The zero-order valence-corrected chi connectivity index (χ0v) is 20.7. The van der Waals surface area contributed by atoms with Crippen molar-refractivity contribution >= 4 is 17.7 Å². The Kier molecular flexibility index (Phi) is 9.12. The highest BCUT2D eigenvalue weighted by Crippen LogP contribution is 2.22. The number of hydrogen-bond acceptors (Lipinski definition) is 5. The number of rotatable bonds is 11. The summed E-state index contributed by atoms with van der Waals surface area (Å²) in [5.41, 5.74) is 5.82. The number of hydrogen-bond donors (Lipinski definition) is 0. The van der Waals surface area contributed by atoms with Crippen LogP contribution in [0.3, 0.4) is 0 Å². The van der Waals surface area contributed by atoms with Gasteiger partial charge in [-0.25, -0.2) is 4.79 Å². The Bertz CT molecular complexity index is 1250. The number of aryl methyl sites for hydroxylation is 1. The molecule has 0 radical (unpaired) electrons. The molecule has 5 nitrogen and oxygen atoms in total. The van der Waals surface area contributed by atoms with E-state index in [4.69, 9.17) is 9.47 Å². The summed E-state index contributed by atoms with van der Waals surface area (Å²) in [6, 6.07) is 22.8. The van der Waals surface area contributed by atoms with Crippen molar-refractivity contribution in [2.24, 2.45) is 0 Å². The maximum atomic E-state index is 12.3. The monoisotopic (exact) mass is 482 g/mol. The summed E-state index contributed by atoms with van der Waals surface area (Å²) >= 11 is 0. The summed E-state index contributed by atoms with van der Waals surface area (Å²) in [6.45, 7) is 10.7. The molecule has 0 spiro atoms. The molecule has 0 aromatic heterocycles. The average molecular weight is 483 g/mol. The van der Waals surface area contributed by atoms with Crippen molar-refractivity contribution in [1.82, 2.24) is 0 Å². The van der Waals surface area contributed by atoms with E-state index in [-0.39, 0.29) is 24.8 Å². The molecular weight excluding hydrogens is 452 g/mol. The molecule has 0 aliphatic heterocycles. The smallest absolute Gasteiger partial charge is 0.333 e. The van der Waals surface area contributed by atoms with Gasteiger partial charge in [0.1, 0.15) is 12.4 Å². The SMILES string of the molecule is C=C(C)C(=O)Cc1ccc(-c2ccc(CCC(=O)Oc3ccc(COC(=O)C(=C)C)cc3)cc2)cc1. The summed E-state index contributed by atoms with van der Waals surface area (Å²) in [5, 5.41) is 0. The zero-order valence-electron chi connectivity index (χ0n) is 20.7. The van der Waals surface area contributed by atoms with E-state index in [1.807, 2.05) is 48.5 Å². The molecule has 0 atom stereocenters. The molecule has 3 aromatic carbocycles. The predicted octanol–water partition coefficient (Wildman–Crippen LogP) is 6.20. The summed E-state index contributed by atoms with van der Waals surface area (Å²) < 4.78 is 10.5. The Morgan fingerprint density at radius 2 is 1.22 bits per heavy atom. The second kappa shape index (κ2) is 12.5. The van der Waals surface area contributed by atoms with Gasteiger partial charge in [0.15, 0.2) is 5.78 Å². The third kappa shape index (κ3) is 7.91. The minimum Gasteiger partial charge on any atom is -0.457 e. The number of ketones is 1. The molecule has 5 heteroatoms. The van der Waals surface area contributed by atoms with Crippen LogP contribution in [0, 0.1) is 0 Å². The molecule has 0 heterocycles. The molecule has 0 unspecified atom stereocenters. The number of Topliss-reactive ketones (excluding diaryl/α,β-unsaturated/α-hetero) is 1. The lowest BCUT2D eigenvalue weighted by atomic mass is 9.99. The number of benzene rings is 3. The van der Waals surface area contributed by atoms with Gasteiger partial charge in [-0.3, -0.25) is 9.59 Å². The molecule has 0 fully saturated rings. The van der Waals surface area contributed by atoms with Gasteiger partial charge in [0.05, 0.1) is 0 Å². The van der Waals surface area contributed by atoms with Gasteiger partial charge in [-0.2, -0.15) is 0 Å². The van der Waals surface area contributed by atoms with Crippen LogP contribution in [0.25, 0.3) is 11.1 Å². The van der Waals surface area contributed by atoms with E-state index in [1.54, 1.807) is 38.1 Å². The quantitative estimate of drug-likeness (QED) is 0.185. The van der Waals surface area contributed by atoms with Crippen molar-refractivity contribution in [2.45, 2.75) is 39.7 Å². The Balaban J connectivity index is 1.47. The Morgan fingerprint density at radius 3 is 1.75 bits per heavy atom. The summed E-state index contributed by atoms with van der Waals surface area (Å²) in [4.78, 5) is 35.6. The van der Waals surface area contributed by atoms with E-state index in [2.05, 4.69) is 13.2 Å². The van der Waals surface area contributed by atoms with E-state index < -0.39 is 5.97 Å². The lowest BCUT2D eigenvalue weighted by Gasteiger charge is -2.08. The minimum absolute atomic E-state index is 0.0456. The molecule has 0 aliphatic carbocycles. The maximum absolute atomic E-state index is 12.3. The Hall–Kier alpha value is -4.25. The van der Waals surface area contributed by atoms with Crippen LogP contribution in [0.4, 0.5) is 0 Å². The van der Waals surface area contributed by atoms with Crippen LogP contribution in [-0.4, -0.2) is 17.7 Å². The van der Waals surface area contributed by atoms with Crippen LogP contribution < -0.4 is 4.74 Å². The van der Waals surface area contributed by atoms with Crippen LogP contribution in [-0.2, 0) is 38.6 Å². The highest BCUT2D eigenvalue weighted by molar-refractivity contribution is 5.95. The van der Waals surface area contributed by atoms with E-state index in [0.29, 0.717) is 29.7 Å². The lowest BCUT2D eigenvalue weighted by molar-refractivity contribution is -0.140. The van der Waals surface area contributed by atoms with Crippen LogP contribution in [0.5, 0.6) is 5.75 Å². The molecule has 0 saturated carbocycles. The largest absolute Gasteiger partial charge is 0.457 e. The third-order valence-corrected chi connectivity index (χ3v) is 5.57. The summed E-state index contributed by atoms with van der Waals surface area (Å²) in [6.07, 6.45) is 1.18. The first-order valence-electron chi connectivity index (χ1n) is 11.7. The van der Waals surface area contributed by atoms with Gasteiger partial charge in [-0.05, 0) is 65.8 Å². The van der Waals surface area contributed by atoms with Crippen molar-refractivity contribution in [1.29, 1.82) is 0 Å². The number of carbonyl (C=O) groups excluding carboxylic acids is 3. The maximum Gasteiger partial charge on any atom is 0.333 e. The van der Waals surface area contributed by atoms with E-state index >= 15 is 0 Å². The van der Waals surface area contributed by atoms with Gasteiger partial charge in [0, 0.05) is 18.4 Å². The lowest BCUT2D eigenvalue weighted by Crippen LogP contribution is -2.09. The molecule has 3 rings (SSSR count). The molecule has 0 N–H and O–H groups in total. The normalized spacial score (nSPS) is 10.4. The molecule has 0 aliphatic rings. The fourth-order valence-corrected chi connectivity index (χ4v) is 3.37. The standard InChI is InChI=1S/C31H30O5/c1-21(2)29(32)19-24-7-14-27(15-8-24)26-12-5-23(6-13-26)11-18-30(33)36-28-16-9-25(10-17-28)20-35-31(34)22(3)4/h5-10,12-17H,1,3,11,18-20H2,2,4H3. The first-order valence-corrected chi connectivity index (χ1v) is 11.7. The second-order valence-electron chi connectivity index (χ2n) is 8.75. The van der Waals surface area contributed by atoms with E-state index in [9.17, 15) is 14.4 Å². The average Bonchev–Trinajstić information content (AvgIpc) is 2.87. The summed E-state index contributed by atoms with van der Waals surface area (Å²) in [5.74, 6) is -0.271. The molecule has 0 amide bonds. The first-order chi connectivity index (χ1) is 17.2. The third-order valence-electron chi connectivity index (χ3n) is 5.57. The van der Waals surface area contributed by atoms with E-state index in [0.717, 1.165) is 27.8 Å². The predicted molar refractivity (Wildman–Crippen MR) is 140 cm³/mol. The molecular formula is C31H30O5. The zero-order chi connectivity index (χ0) is 26.1. The topological polar surface area (TPSA) is 69.7 Å². The van der Waals surface area contributed by atoms with Crippen molar-refractivity contribution < 1.29 is 23.9 Å². The first kappa shape index (κ1) is 26.4. The van der Waals surface area contributed by atoms with Crippen LogP contribution in [0.15, 0.2) is 97.1 Å². The van der Waals surface area contributed by atoms with Crippen molar-refractivity contribution in [3.8, 4) is 16.9 Å². The van der Waals surface area contributed by atoms with Crippen LogP contribution >= 0.6 is 0 Å². The van der Waals surface area contributed by atoms with Gasteiger partial charge in [-0.1, -0.05) is 73.8 Å². The number of allylic oxidation sites excluding steroid dienone is 1. The van der Waals surface area contributed by atoms with Crippen molar-refractivity contribution in [3.63, 3.8) is 0 Å². The number of ether oxygens (including phenoxy) is 2. The van der Waals surface area contributed by atoms with Crippen LogP contribution in [0.1, 0.15) is 37.0 Å². The second-order valence-corrected chi connectivity index (χ2v) is 8.75.